The number of halogens is 1. The lowest BCUT2D eigenvalue weighted by molar-refractivity contribution is -0.00766. The summed E-state index contributed by atoms with van der Waals surface area (Å²) in [6.45, 7) is 8.30. The molecule has 0 atom stereocenters. The second kappa shape index (κ2) is 6.10. The van der Waals surface area contributed by atoms with Crippen molar-refractivity contribution in [2.75, 3.05) is 44.2 Å². The number of hydrogen-bond donors (Lipinski definition) is 0. The highest BCUT2D eigenvalue weighted by Crippen LogP contribution is 2.23. The molecular formula is C16H24FN3. The Morgan fingerprint density at radius 1 is 0.950 bits per heavy atom. The average Bonchev–Trinajstić information content (AvgIpc) is 3.01. The summed E-state index contributed by atoms with van der Waals surface area (Å²) in [4.78, 5) is 2.18. The molecule has 2 aliphatic heterocycles. The summed E-state index contributed by atoms with van der Waals surface area (Å²) in [7, 11) is 0. The van der Waals surface area contributed by atoms with Gasteiger partial charge in [-0.2, -0.15) is 0 Å². The molecule has 110 valence electrons. The van der Waals surface area contributed by atoms with Gasteiger partial charge in [-0.05, 0) is 37.0 Å². The second-order valence-electron chi connectivity index (χ2n) is 5.74. The van der Waals surface area contributed by atoms with E-state index in [9.17, 15) is 4.39 Å². The van der Waals surface area contributed by atoms with Crippen molar-refractivity contribution in [2.45, 2.75) is 26.2 Å². The molecule has 0 amide bonds. The molecule has 0 saturated carbocycles. The summed E-state index contributed by atoms with van der Waals surface area (Å²) >= 11 is 0. The van der Waals surface area contributed by atoms with Crippen LogP contribution in [0.25, 0.3) is 0 Å². The van der Waals surface area contributed by atoms with Crippen LogP contribution in [0.15, 0.2) is 18.2 Å². The fraction of sp³-hybridized carbons (Fsp3) is 0.625. The molecule has 2 fully saturated rings. The Hall–Kier alpha value is -1.13. The van der Waals surface area contributed by atoms with E-state index >= 15 is 0 Å². The lowest BCUT2D eigenvalue weighted by Crippen LogP contribution is -2.53. The smallest absolute Gasteiger partial charge is 0.146 e. The van der Waals surface area contributed by atoms with Crippen molar-refractivity contribution in [1.29, 1.82) is 0 Å². The zero-order valence-electron chi connectivity index (χ0n) is 12.3. The maximum atomic E-state index is 14.2. The third kappa shape index (κ3) is 2.81. The minimum Gasteiger partial charge on any atom is -0.366 e. The number of nitrogens with zero attached hydrogens (tertiary/aromatic N) is 3. The molecule has 2 aliphatic rings. The summed E-state index contributed by atoms with van der Waals surface area (Å²) in [5, 5.41) is 4.91. The van der Waals surface area contributed by atoms with Crippen molar-refractivity contribution < 1.29 is 4.39 Å². The normalized spacial score (nSPS) is 21.6. The van der Waals surface area contributed by atoms with Crippen LogP contribution in [0, 0.1) is 5.82 Å². The lowest BCUT2D eigenvalue weighted by Gasteiger charge is -2.40. The molecule has 0 bridgehead atoms. The van der Waals surface area contributed by atoms with Crippen LogP contribution in [0.1, 0.15) is 25.3 Å². The largest absolute Gasteiger partial charge is 0.366 e. The van der Waals surface area contributed by atoms with Crippen LogP contribution >= 0.6 is 0 Å². The Labute approximate surface area is 120 Å². The fourth-order valence-electron chi connectivity index (χ4n) is 3.23. The third-order valence-corrected chi connectivity index (χ3v) is 4.50. The maximum absolute atomic E-state index is 14.2. The van der Waals surface area contributed by atoms with Gasteiger partial charge < -0.3 is 4.90 Å². The first-order valence-corrected chi connectivity index (χ1v) is 7.81. The van der Waals surface area contributed by atoms with Gasteiger partial charge in [0, 0.05) is 39.3 Å². The van der Waals surface area contributed by atoms with Gasteiger partial charge in [-0.1, -0.05) is 13.0 Å². The first-order chi connectivity index (χ1) is 9.78. The van der Waals surface area contributed by atoms with E-state index in [0.29, 0.717) is 0 Å². The molecule has 0 unspecified atom stereocenters. The van der Waals surface area contributed by atoms with Crippen molar-refractivity contribution in [3.63, 3.8) is 0 Å². The monoisotopic (exact) mass is 277 g/mol. The van der Waals surface area contributed by atoms with Crippen molar-refractivity contribution in [1.82, 2.24) is 10.0 Å². The summed E-state index contributed by atoms with van der Waals surface area (Å²) < 4.78 is 14.2. The quantitative estimate of drug-likeness (QED) is 0.840. The van der Waals surface area contributed by atoms with Crippen LogP contribution in [-0.4, -0.2) is 49.3 Å². The van der Waals surface area contributed by atoms with Crippen LogP contribution < -0.4 is 4.90 Å². The third-order valence-electron chi connectivity index (χ3n) is 4.50. The van der Waals surface area contributed by atoms with Gasteiger partial charge >= 0.3 is 0 Å². The van der Waals surface area contributed by atoms with Gasteiger partial charge in [-0.25, -0.2) is 14.4 Å². The Morgan fingerprint density at radius 3 is 2.20 bits per heavy atom. The first-order valence-electron chi connectivity index (χ1n) is 7.81. The number of piperazine rings is 1. The average molecular weight is 277 g/mol. The van der Waals surface area contributed by atoms with E-state index in [-0.39, 0.29) is 5.82 Å². The Balaban J connectivity index is 1.62. The fourth-order valence-corrected chi connectivity index (χ4v) is 3.23. The van der Waals surface area contributed by atoms with E-state index in [2.05, 4.69) is 21.8 Å². The highest BCUT2D eigenvalue weighted by atomic mass is 19.1. The highest BCUT2D eigenvalue weighted by Gasteiger charge is 2.25. The van der Waals surface area contributed by atoms with Crippen LogP contribution in [0.2, 0.25) is 0 Å². The van der Waals surface area contributed by atoms with Crippen LogP contribution in [-0.2, 0) is 6.42 Å². The Morgan fingerprint density at radius 2 is 1.60 bits per heavy atom. The van der Waals surface area contributed by atoms with Gasteiger partial charge in [0.15, 0.2) is 0 Å². The summed E-state index contributed by atoms with van der Waals surface area (Å²) in [5.74, 6) is -0.0704. The van der Waals surface area contributed by atoms with Gasteiger partial charge in [-0.15, -0.1) is 0 Å². The second-order valence-corrected chi connectivity index (χ2v) is 5.74. The van der Waals surface area contributed by atoms with E-state index in [4.69, 9.17) is 0 Å². The summed E-state index contributed by atoms with van der Waals surface area (Å²) in [5.41, 5.74) is 1.84. The molecule has 4 heteroatoms. The highest BCUT2D eigenvalue weighted by molar-refractivity contribution is 5.49. The SMILES string of the molecule is CCc1ccc(N2CCN(N3CCCC3)CC2)c(F)c1. The molecule has 1 aromatic rings. The molecule has 0 N–H and O–H groups in total. The molecule has 20 heavy (non-hydrogen) atoms. The van der Waals surface area contributed by atoms with Crippen LogP contribution in [0.5, 0.6) is 0 Å². The van der Waals surface area contributed by atoms with E-state index < -0.39 is 0 Å². The van der Waals surface area contributed by atoms with Crippen molar-refractivity contribution in [3.05, 3.63) is 29.6 Å². The lowest BCUT2D eigenvalue weighted by atomic mass is 10.1. The molecular weight excluding hydrogens is 253 g/mol. The standard InChI is InChI=1S/C16H24FN3/c1-2-14-5-6-16(15(17)13-14)18-9-11-20(12-10-18)19-7-3-4-8-19/h5-6,13H,2-4,7-12H2,1H3. The predicted molar refractivity (Wildman–Crippen MR) is 80.4 cm³/mol. The molecule has 2 saturated heterocycles. The minimum atomic E-state index is -0.0704. The van der Waals surface area contributed by atoms with Crippen LogP contribution in [0.3, 0.4) is 0 Å². The van der Waals surface area contributed by atoms with Gasteiger partial charge in [0.2, 0.25) is 0 Å². The zero-order valence-corrected chi connectivity index (χ0v) is 12.3. The maximum Gasteiger partial charge on any atom is 0.146 e. The Kier molecular flexibility index (Phi) is 4.22. The summed E-state index contributed by atoms with van der Waals surface area (Å²) in [6.07, 6.45) is 3.51. The van der Waals surface area contributed by atoms with Crippen LogP contribution in [0.4, 0.5) is 10.1 Å². The molecule has 3 nitrogen and oxygen atoms in total. The minimum absolute atomic E-state index is 0.0704. The van der Waals surface area contributed by atoms with E-state index in [1.807, 2.05) is 12.1 Å². The van der Waals surface area contributed by atoms with E-state index in [1.54, 1.807) is 6.07 Å². The van der Waals surface area contributed by atoms with Gasteiger partial charge in [0.05, 0.1) is 5.69 Å². The Bertz CT molecular complexity index is 449. The molecule has 3 rings (SSSR count). The molecule has 0 aliphatic carbocycles. The van der Waals surface area contributed by atoms with E-state index in [1.165, 1.54) is 25.9 Å². The van der Waals surface area contributed by atoms with Crippen molar-refractivity contribution in [2.24, 2.45) is 0 Å². The molecule has 2 heterocycles. The van der Waals surface area contributed by atoms with Crippen molar-refractivity contribution >= 4 is 5.69 Å². The van der Waals surface area contributed by atoms with Gasteiger partial charge in [0.25, 0.3) is 0 Å². The van der Waals surface area contributed by atoms with Gasteiger partial charge in [0.1, 0.15) is 5.82 Å². The summed E-state index contributed by atoms with van der Waals surface area (Å²) in [6, 6.07) is 5.67. The molecule has 1 aromatic carbocycles. The number of anilines is 1. The number of hydrazine groups is 1. The molecule has 0 radical (unpaired) electrons. The molecule has 0 aromatic heterocycles. The van der Waals surface area contributed by atoms with Crippen molar-refractivity contribution in [3.8, 4) is 0 Å². The molecule has 0 spiro atoms. The van der Waals surface area contributed by atoms with Gasteiger partial charge in [-0.3, -0.25) is 0 Å². The number of aryl methyl sites for hydroxylation is 1. The zero-order chi connectivity index (χ0) is 13.9. The number of hydrogen-bond acceptors (Lipinski definition) is 3. The number of rotatable bonds is 3. The van der Waals surface area contributed by atoms with E-state index in [0.717, 1.165) is 43.9 Å². The number of benzene rings is 1. The topological polar surface area (TPSA) is 9.72 Å². The predicted octanol–water partition coefficient (Wildman–Crippen LogP) is 2.52. The first kappa shape index (κ1) is 13.8.